The summed E-state index contributed by atoms with van der Waals surface area (Å²) in [5.74, 6) is 0.245. The van der Waals surface area contributed by atoms with Crippen LogP contribution < -0.4 is 19.5 Å². The Morgan fingerprint density at radius 2 is 1.72 bits per heavy atom. The summed E-state index contributed by atoms with van der Waals surface area (Å²) in [5, 5.41) is 2.68. The molecule has 0 fully saturated rings. The molecule has 0 unspecified atom stereocenters. The van der Waals surface area contributed by atoms with Gasteiger partial charge < -0.3 is 19.5 Å². The number of rotatable bonds is 12. The minimum atomic E-state index is -3.85. The van der Waals surface area contributed by atoms with Crippen molar-refractivity contribution in [1.82, 2.24) is 5.32 Å². The summed E-state index contributed by atoms with van der Waals surface area (Å²) in [6.45, 7) is 0.294. The molecule has 0 radical (unpaired) electrons. The van der Waals surface area contributed by atoms with Crippen LogP contribution in [0.25, 0.3) is 6.08 Å². The second kappa shape index (κ2) is 12.7. The number of nitrogens with one attached hydrogen (secondary N) is 2. The maximum atomic E-state index is 12.9. The van der Waals surface area contributed by atoms with Crippen molar-refractivity contribution >= 4 is 27.7 Å². The van der Waals surface area contributed by atoms with Gasteiger partial charge in [-0.1, -0.05) is 36.4 Å². The van der Waals surface area contributed by atoms with Crippen LogP contribution in [-0.4, -0.2) is 41.7 Å². The Hall–Kier alpha value is -3.89. The van der Waals surface area contributed by atoms with E-state index in [-0.39, 0.29) is 36.4 Å². The van der Waals surface area contributed by atoms with Gasteiger partial charge in [0.25, 0.3) is 10.0 Å². The van der Waals surface area contributed by atoms with Crippen LogP contribution in [0.3, 0.4) is 0 Å². The number of hydrogen-bond acceptors (Lipinski definition) is 6. The first-order valence-electron chi connectivity index (χ1n) is 10.9. The molecule has 10 heteroatoms. The predicted molar refractivity (Wildman–Crippen MR) is 135 cm³/mol. The van der Waals surface area contributed by atoms with E-state index < -0.39 is 10.0 Å². The third kappa shape index (κ3) is 7.82. The van der Waals surface area contributed by atoms with Crippen LogP contribution in [0.5, 0.6) is 11.5 Å². The average Bonchev–Trinajstić information content (AvgIpc) is 2.87. The SMILES string of the molecule is COc1ccc(NS(=O)(=O)c2cccc(/C=C/CNC(=O)COCc3ccc(F)cc3)c2)cc1OC. The summed E-state index contributed by atoms with van der Waals surface area (Å²) in [7, 11) is -0.884. The van der Waals surface area contributed by atoms with E-state index in [4.69, 9.17) is 14.2 Å². The van der Waals surface area contributed by atoms with Crippen molar-refractivity contribution in [2.24, 2.45) is 0 Å². The van der Waals surface area contributed by atoms with Gasteiger partial charge in [-0.25, -0.2) is 12.8 Å². The van der Waals surface area contributed by atoms with Crippen molar-refractivity contribution in [1.29, 1.82) is 0 Å². The highest BCUT2D eigenvalue weighted by molar-refractivity contribution is 7.92. The predicted octanol–water partition coefficient (Wildman–Crippen LogP) is 3.99. The first kappa shape index (κ1) is 26.7. The fourth-order valence-corrected chi connectivity index (χ4v) is 4.26. The molecule has 0 saturated carbocycles. The van der Waals surface area contributed by atoms with Gasteiger partial charge in [0.05, 0.1) is 31.4 Å². The summed E-state index contributed by atoms with van der Waals surface area (Å²) in [6.07, 6.45) is 3.40. The van der Waals surface area contributed by atoms with Gasteiger partial charge in [-0.05, 0) is 47.5 Å². The number of amides is 1. The Labute approximate surface area is 209 Å². The number of methoxy groups -OCH3 is 2. The van der Waals surface area contributed by atoms with Crippen molar-refractivity contribution < 1.29 is 31.8 Å². The molecule has 3 rings (SSSR count). The molecule has 190 valence electrons. The lowest BCUT2D eigenvalue weighted by Crippen LogP contribution is -2.27. The Morgan fingerprint density at radius 3 is 2.44 bits per heavy atom. The molecule has 8 nitrogen and oxygen atoms in total. The third-order valence-electron chi connectivity index (χ3n) is 4.95. The van der Waals surface area contributed by atoms with E-state index in [1.54, 1.807) is 48.6 Å². The van der Waals surface area contributed by atoms with Crippen molar-refractivity contribution in [2.75, 3.05) is 32.1 Å². The second-order valence-corrected chi connectivity index (χ2v) is 9.26. The van der Waals surface area contributed by atoms with Gasteiger partial charge in [0.2, 0.25) is 5.91 Å². The molecule has 0 bridgehead atoms. The van der Waals surface area contributed by atoms with Crippen molar-refractivity contribution in [3.8, 4) is 11.5 Å². The molecule has 0 heterocycles. The maximum absolute atomic E-state index is 12.9. The molecule has 3 aromatic rings. The lowest BCUT2D eigenvalue weighted by Gasteiger charge is -2.12. The van der Waals surface area contributed by atoms with Crippen molar-refractivity contribution in [3.63, 3.8) is 0 Å². The van der Waals surface area contributed by atoms with Crippen LogP contribution >= 0.6 is 0 Å². The summed E-state index contributed by atoms with van der Waals surface area (Å²) >= 11 is 0. The van der Waals surface area contributed by atoms with Crippen molar-refractivity contribution in [3.05, 3.63) is 89.8 Å². The third-order valence-corrected chi connectivity index (χ3v) is 6.33. The molecule has 0 aliphatic carbocycles. The van der Waals surface area contributed by atoms with Gasteiger partial charge in [0.1, 0.15) is 12.4 Å². The van der Waals surface area contributed by atoms with Crippen LogP contribution in [0, 0.1) is 5.82 Å². The van der Waals surface area contributed by atoms with Crippen LogP contribution in [0.1, 0.15) is 11.1 Å². The van der Waals surface area contributed by atoms with Crippen LogP contribution in [0.2, 0.25) is 0 Å². The number of hydrogen-bond donors (Lipinski definition) is 2. The average molecular weight is 515 g/mol. The molecule has 3 aromatic carbocycles. The van der Waals surface area contributed by atoms with E-state index in [0.717, 1.165) is 5.56 Å². The van der Waals surface area contributed by atoms with Crippen molar-refractivity contribution in [2.45, 2.75) is 11.5 Å². The lowest BCUT2D eigenvalue weighted by molar-refractivity contribution is -0.125. The number of halogens is 1. The smallest absolute Gasteiger partial charge is 0.261 e. The molecular formula is C26H27FN2O6S. The molecule has 0 saturated heterocycles. The number of benzene rings is 3. The summed E-state index contributed by atoms with van der Waals surface area (Å²) in [5.41, 5.74) is 1.74. The van der Waals surface area contributed by atoms with Crippen LogP contribution in [0.15, 0.2) is 77.7 Å². The topological polar surface area (TPSA) is 103 Å². The van der Waals surface area contributed by atoms with E-state index in [1.165, 1.54) is 44.6 Å². The maximum Gasteiger partial charge on any atom is 0.261 e. The zero-order valence-corrected chi connectivity index (χ0v) is 20.7. The van der Waals surface area contributed by atoms with E-state index >= 15 is 0 Å². The molecule has 2 N–H and O–H groups in total. The molecule has 0 atom stereocenters. The Kier molecular flexibility index (Phi) is 9.43. The van der Waals surface area contributed by atoms with Gasteiger partial charge >= 0.3 is 0 Å². The normalized spacial score (nSPS) is 11.3. The van der Waals surface area contributed by atoms with Crippen LogP contribution in [0.4, 0.5) is 10.1 Å². The first-order valence-corrected chi connectivity index (χ1v) is 12.4. The molecule has 36 heavy (non-hydrogen) atoms. The number of sulfonamides is 1. The number of anilines is 1. The summed E-state index contributed by atoms with van der Waals surface area (Å²) in [4.78, 5) is 12.0. The number of ether oxygens (including phenoxy) is 3. The highest BCUT2D eigenvalue weighted by atomic mass is 32.2. The zero-order valence-electron chi connectivity index (χ0n) is 19.9. The van der Waals surface area contributed by atoms with Gasteiger partial charge in [0.15, 0.2) is 11.5 Å². The van der Waals surface area contributed by atoms with Gasteiger partial charge in [-0.2, -0.15) is 0 Å². The highest BCUT2D eigenvalue weighted by Gasteiger charge is 2.16. The fraction of sp³-hybridized carbons (Fsp3) is 0.192. The molecule has 0 aliphatic heterocycles. The first-order chi connectivity index (χ1) is 17.3. The molecule has 1 amide bonds. The second-order valence-electron chi connectivity index (χ2n) is 7.57. The quantitative estimate of drug-likeness (QED) is 0.379. The Balaban J connectivity index is 1.51. The monoisotopic (exact) mass is 514 g/mol. The fourth-order valence-electron chi connectivity index (χ4n) is 3.16. The number of carbonyl (C=O) groups excluding carboxylic acids is 1. The molecular weight excluding hydrogens is 487 g/mol. The highest BCUT2D eigenvalue weighted by Crippen LogP contribution is 2.30. The zero-order chi connectivity index (χ0) is 26.0. The molecule has 0 aromatic heterocycles. The standard InChI is InChI=1S/C26H27FN2O6S/c1-33-24-13-12-22(16-25(24)34-2)29-36(31,32)23-7-3-5-19(15-23)6-4-14-28-26(30)18-35-17-20-8-10-21(27)11-9-20/h3-13,15-16,29H,14,17-18H2,1-2H3,(H,28,30)/b6-4+. The van der Waals surface area contributed by atoms with Crippen LogP contribution in [-0.2, 0) is 26.2 Å². The lowest BCUT2D eigenvalue weighted by atomic mass is 10.2. The van der Waals surface area contributed by atoms with E-state index in [1.807, 2.05) is 0 Å². The summed E-state index contributed by atoms with van der Waals surface area (Å²) < 4.78 is 56.8. The largest absolute Gasteiger partial charge is 0.493 e. The van der Waals surface area contributed by atoms with E-state index in [2.05, 4.69) is 10.0 Å². The minimum absolute atomic E-state index is 0.0812. The number of carbonyl (C=O) groups is 1. The molecule has 0 spiro atoms. The Bertz CT molecular complexity index is 1310. The van der Waals surface area contributed by atoms with Gasteiger partial charge in [-0.3, -0.25) is 9.52 Å². The molecule has 0 aliphatic rings. The van der Waals surface area contributed by atoms with E-state index in [9.17, 15) is 17.6 Å². The summed E-state index contributed by atoms with van der Waals surface area (Å²) in [6, 6.07) is 16.9. The minimum Gasteiger partial charge on any atom is -0.493 e. The van der Waals surface area contributed by atoms with E-state index in [0.29, 0.717) is 22.7 Å². The Morgan fingerprint density at radius 1 is 0.972 bits per heavy atom. The van der Waals surface area contributed by atoms with Gasteiger partial charge in [0, 0.05) is 12.6 Å². The van der Waals surface area contributed by atoms with Gasteiger partial charge in [-0.15, -0.1) is 0 Å².